The van der Waals surface area contributed by atoms with Gasteiger partial charge in [0.25, 0.3) is 0 Å². The molecule has 0 aliphatic carbocycles. The third kappa shape index (κ3) is 5.64. The van der Waals surface area contributed by atoms with Crippen LogP contribution in [0.1, 0.15) is 44.6 Å². The van der Waals surface area contributed by atoms with E-state index in [1.165, 1.54) is 13.2 Å². The molecular formula is C15H22O4. The Hall–Kier alpha value is -1.71. The largest absolute Gasteiger partial charge is 0.504 e. The van der Waals surface area contributed by atoms with Crippen molar-refractivity contribution in [1.29, 1.82) is 0 Å². The van der Waals surface area contributed by atoms with Crippen LogP contribution in [0.2, 0.25) is 0 Å². The van der Waals surface area contributed by atoms with Gasteiger partial charge in [-0.3, -0.25) is 4.79 Å². The molecule has 0 aliphatic heterocycles. The minimum absolute atomic E-state index is 0.0807. The molecule has 0 unspecified atom stereocenters. The van der Waals surface area contributed by atoms with Gasteiger partial charge in [-0.2, -0.15) is 0 Å². The molecule has 1 rings (SSSR count). The number of phenols is 1. The summed E-state index contributed by atoms with van der Waals surface area (Å²) >= 11 is 0. The Kier molecular flexibility index (Phi) is 6.79. The van der Waals surface area contributed by atoms with Crippen molar-refractivity contribution in [1.82, 2.24) is 0 Å². The highest BCUT2D eigenvalue weighted by atomic mass is 16.5. The van der Waals surface area contributed by atoms with Crippen molar-refractivity contribution in [2.75, 3.05) is 7.11 Å². The first-order chi connectivity index (χ1) is 9.17. The van der Waals surface area contributed by atoms with Crippen LogP contribution in [-0.4, -0.2) is 18.2 Å². The van der Waals surface area contributed by atoms with Gasteiger partial charge in [0.15, 0.2) is 11.5 Å². The standard InChI is InChI=1S/C15H22O4/c1-3-4-5-6-7-15(17)19-11-12-8-9-13(16)14(10-12)18-2/h8-10,16H,3-7,11H2,1-2H3. The van der Waals surface area contributed by atoms with Gasteiger partial charge < -0.3 is 14.6 Å². The predicted molar refractivity (Wildman–Crippen MR) is 73.2 cm³/mol. The van der Waals surface area contributed by atoms with Gasteiger partial charge in [-0.05, 0) is 24.1 Å². The first kappa shape index (κ1) is 15.3. The normalized spacial score (nSPS) is 10.2. The number of rotatable bonds is 8. The molecule has 0 aliphatic rings. The summed E-state index contributed by atoms with van der Waals surface area (Å²) in [6.45, 7) is 2.35. The van der Waals surface area contributed by atoms with E-state index < -0.39 is 0 Å². The van der Waals surface area contributed by atoms with Crippen LogP contribution >= 0.6 is 0 Å². The summed E-state index contributed by atoms with van der Waals surface area (Å²) in [6.07, 6.45) is 4.73. The predicted octanol–water partition coefficient (Wildman–Crippen LogP) is 3.41. The number of phenolic OH excluding ortho intramolecular Hbond substituents is 1. The van der Waals surface area contributed by atoms with Crippen molar-refractivity contribution < 1.29 is 19.4 Å². The highest BCUT2D eigenvalue weighted by Crippen LogP contribution is 2.26. The molecule has 0 atom stereocenters. The van der Waals surface area contributed by atoms with Crippen LogP contribution in [0.4, 0.5) is 0 Å². The molecule has 0 spiro atoms. The van der Waals surface area contributed by atoms with Gasteiger partial charge >= 0.3 is 5.97 Å². The molecule has 0 saturated carbocycles. The minimum Gasteiger partial charge on any atom is -0.504 e. The molecule has 1 aromatic carbocycles. The second kappa shape index (κ2) is 8.40. The number of carbonyl (C=O) groups excluding carboxylic acids is 1. The molecule has 19 heavy (non-hydrogen) atoms. The lowest BCUT2D eigenvalue weighted by Crippen LogP contribution is -2.04. The summed E-state index contributed by atoms with van der Waals surface area (Å²) in [5.74, 6) is 0.289. The number of esters is 1. The third-order valence-corrected chi connectivity index (χ3v) is 2.88. The highest BCUT2D eigenvalue weighted by molar-refractivity contribution is 5.69. The number of unbranched alkanes of at least 4 members (excludes halogenated alkanes) is 3. The number of hydrogen-bond donors (Lipinski definition) is 1. The Morgan fingerprint density at radius 3 is 2.74 bits per heavy atom. The van der Waals surface area contributed by atoms with E-state index in [0.717, 1.165) is 31.2 Å². The van der Waals surface area contributed by atoms with Crippen LogP contribution in [0.3, 0.4) is 0 Å². The quantitative estimate of drug-likeness (QED) is 0.578. The summed E-state index contributed by atoms with van der Waals surface area (Å²) in [4.78, 5) is 11.5. The van der Waals surface area contributed by atoms with Crippen LogP contribution in [0, 0.1) is 0 Å². The molecule has 4 heteroatoms. The lowest BCUT2D eigenvalue weighted by Gasteiger charge is -2.08. The van der Waals surface area contributed by atoms with E-state index in [9.17, 15) is 9.90 Å². The van der Waals surface area contributed by atoms with E-state index >= 15 is 0 Å². The van der Waals surface area contributed by atoms with Crippen molar-refractivity contribution >= 4 is 5.97 Å². The molecule has 0 fully saturated rings. The van der Waals surface area contributed by atoms with Crippen molar-refractivity contribution in [2.24, 2.45) is 0 Å². The Labute approximate surface area is 114 Å². The lowest BCUT2D eigenvalue weighted by molar-refractivity contribution is -0.145. The van der Waals surface area contributed by atoms with Crippen molar-refractivity contribution in [2.45, 2.75) is 45.6 Å². The maximum absolute atomic E-state index is 11.5. The zero-order valence-electron chi connectivity index (χ0n) is 11.6. The number of benzene rings is 1. The van der Waals surface area contributed by atoms with E-state index in [2.05, 4.69) is 6.92 Å². The van der Waals surface area contributed by atoms with Gasteiger partial charge in [0.05, 0.1) is 7.11 Å². The van der Waals surface area contributed by atoms with Gasteiger partial charge in [0.2, 0.25) is 0 Å². The number of ether oxygens (including phenoxy) is 2. The number of carbonyl (C=O) groups is 1. The number of aromatic hydroxyl groups is 1. The molecule has 1 N–H and O–H groups in total. The van der Waals surface area contributed by atoms with E-state index in [-0.39, 0.29) is 18.3 Å². The van der Waals surface area contributed by atoms with Gasteiger partial charge in [-0.15, -0.1) is 0 Å². The second-order valence-corrected chi connectivity index (χ2v) is 4.48. The number of hydrogen-bond acceptors (Lipinski definition) is 4. The fraction of sp³-hybridized carbons (Fsp3) is 0.533. The van der Waals surface area contributed by atoms with Crippen LogP contribution in [0.25, 0.3) is 0 Å². The summed E-state index contributed by atoms with van der Waals surface area (Å²) in [6, 6.07) is 4.91. The molecule has 106 valence electrons. The first-order valence-electron chi connectivity index (χ1n) is 6.69. The maximum atomic E-state index is 11.5. The van der Waals surface area contributed by atoms with E-state index in [1.54, 1.807) is 12.1 Å². The third-order valence-electron chi connectivity index (χ3n) is 2.88. The van der Waals surface area contributed by atoms with E-state index in [0.29, 0.717) is 12.2 Å². The molecule has 0 bridgehead atoms. The molecule has 0 heterocycles. The summed E-state index contributed by atoms with van der Waals surface area (Å²) in [7, 11) is 1.48. The second-order valence-electron chi connectivity index (χ2n) is 4.48. The van der Waals surface area contributed by atoms with Crippen molar-refractivity contribution in [3.05, 3.63) is 23.8 Å². The average molecular weight is 266 g/mol. The van der Waals surface area contributed by atoms with Gasteiger partial charge in [0, 0.05) is 6.42 Å². The first-order valence-corrected chi connectivity index (χ1v) is 6.69. The summed E-state index contributed by atoms with van der Waals surface area (Å²) in [5, 5.41) is 9.45. The molecule has 0 radical (unpaired) electrons. The molecule has 0 aromatic heterocycles. The minimum atomic E-state index is -0.178. The molecule has 0 saturated heterocycles. The average Bonchev–Trinajstić information content (AvgIpc) is 2.42. The SMILES string of the molecule is CCCCCCC(=O)OCc1ccc(O)c(OC)c1. The van der Waals surface area contributed by atoms with E-state index in [1.807, 2.05) is 0 Å². The zero-order chi connectivity index (χ0) is 14.1. The Bertz CT molecular complexity index is 401. The highest BCUT2D eigenvalue weighted by Gasteiger charge is 2.06. The lowest BCUT2D eigenvalue weighted by atomic mass is 10.1. The van der Waals surface area contributed by atoms with Gasteiger partial charge in [0.1, 0.15) is 6.61 Å². The maximum Gasteiger partial charge on any atom is 0.306 e. The summed E-state index contributed by atoms with van der Waals surface area (Å²) < 4.78 is 10.2. The Morgan fingerprint density at radius 1 is 1.26 bits per heavy atom. The van der Waals surface area contributed by atoms with Crippen LogP contribution in [-0.2, 0) is 16.1 Å². The van der Waals surface area contributed by atoms with Crippen LogP contribution in [0.15, 0.2) is 18.2 Å². The Morgan fingerprint density at radius 2 is 2.05 bits per heavy atom. The molecular weight excluding hydrogens is 244 g/mol. The van der Waals surface area contributed by atoms with Crippen LogP contribution < -0.4 is 4.74 Å². The molecule has 4 nitrogen and oxygen atoms in total. The topological polar surface area (TPSA) is 55.8 Å². The Balaban J connectivity index is 2.33. The fourth-order valence-electron chi connectivity index (χ4n) is 1.74. The smallest absolute Gasteiger partial charge is 0.306 e. The van der Waals surface area contributed by atoms with Gasteiger partial charge in [-0.25, -0.2) is 0 Å². The monoisotopic (exact) mass is 266 g/mol. The van der Waals surface area contributed by atoms with Crippen molar-refractivity contribution in [3.8, 4) is 11.5 Å². The molecule has 1 aromatic rings. The number of methoxy groups -OCH3 is 1. The van der Waals surface area contributed by atoms with Crippen molar-refractivity contribution in [3.63, 3.8) is 0 Å². The summed E-state index contributed by atoms with van der Waals surface area (Å²) in [5.41, 5.74) is 0.802. The van der Waals surface area contributed by atoms with Gasteiger partial charge in [-0.1, -0.05) is 32.3 Å². The zero-order valence-corrected chi connectivity index (χ0v) is 11.6. The van der Waals surface area contributed by atoms with Crippen LogP contribution in [0.5, 0.6) is 11.5 Å². The molecule has 0 amide bonds. The fourth-order valence-corrected chi connectivity index (χ4v) is 1.74. The van der Waals surface area contributed by atoms with E-state index in [4.69, 9.17) is 9.47 Å².